The van der Waals surface area contributed by atoms with Crippen molar-refractivity contribution >= 4 is 0 Å². The lowest BCUT2D eigenvalue weighted by Crippen LogP contribution is -2.37. The quantitative estimate of drug-likeness (QED) is 0.809. The third-order valence-electron chi connectivity index (χ3n) is 5.13. The maximum Gasteiger partial charge on any atom is 0.0233 e. The maximum absolute atomic E-state index is 3.76. The summed E-state index contributed by atoms with van der Waals surface area (Å²) in [4.78, 5) is 2.45. The predicted octanol–water partition coefficient (Wildman–Crippen LogP) is 4.20. The van der Waals surface area contributed by atoms with E-state index in [4.69, 9.17) is 0 Å². The van der Waals surface area contributed by atoms with E-state index in [1.165, 1.54) is 30.4 Å². The Hall–Kier alpha value is -0.860. The minimum atomic E-state index is 0.461. The molecule has 0 aromatic heterocycles. The summed E-state index contributed by atoms with van der Waals surface area (Å²) in [6, 6.07) is 9.82. The molecule has 1 saturated carbocycles. The van der Waals surface area contributed by atoms with E-state index in [1.807, 2.05) is 0 Å². The Morgan fingerprint density at radius 1 is 1.10 bits per heavy atom. The van der Waals surface area contributed by atoms with Gasteiger partial charge in [0.05, 0.1) is 0 Å². The smallest absolute Gasteiger partial charge is 0.0233 e. The number of hydrogen-bond donors (Lipinski definition) is 1. The molecule has 118 valence electrons. The third kappa shape index (κ3) is 4.55. The van der Waals surface area contributed by atoms with Gasteiger partial charge in [-0.15, -0.1) is 0 Å². The van der Waals surface area contributed by atoms with Gasteiger partial charge in [-0.3, -0.25) is 4.90 Å². The topological polar surface area (TPSA) is 15.3 Å². The van der Waals surface area contributed by atoms with Crippen molar-refractivity contribution in [2.24, 2.45) is 5.41 Å². The molecule has 1 aromatic rings. The van der Waals surface area contributed by atoms with Gasteiger partial charge >= 0.3 is 0 Å². The Balaban J connectivity index is 1.85. The monoisotopic (exact) mass is 288 g/mol. The number of hydrogen-bond acceptors (Lipinski definition) is 2. The van der Waals surface area contributed by atoms with Gasteiger partial charge in [-0.05, 0) is 42.5 Å². The zero-order chi connectivity index (χ0) is 15.3. The highest BCUT2D eigenvalue weighted by Gasteiger charge is 2.33. The zero-order valence-corrected chi connectivity index (χ0v) is 14.3. The Kier molecular flexibility index (Phi) is 5.83. The summed E-state index contributed by atoms with van der Waals surface area (Å²) in [6.45, 7) is 13.6. The van der Waals surface area contributed by atoms with Gasteiger partial charge in [0.25, 0.3) is 0 Å². The molecule has 2 nitrogen and oxygen atoms in total. The Morgan fingerprint density at radius 2 is 1.71 bits per heavy atom. The molecular formula is C19H32N2. The van der Waals surface area contributed by atoms with Crippen molar-refractivity contribution in [2.45, 2.75) is 66.1 Å². The number of nitrogens with one attached hydrogen (secondary N) is 1. The Bertz CT molecular complexity index is 418. The molecule has 1 unspecified atom stereocenters. The molecule has 2 rings (SSSR count). The average molecular weight is 288 g/mol. The molecule has 1 aromatic carbocycles. The van der Waals surface area contributed by atoms with Gasteiger partial charge in [0.1, 0.15) is 0 Å². The SMILES string of the molecule is CCN(CC)Cc1ccc(CNC2CCCC2(C)C)cc1. The van der Waals surface area contributed by atoms with Crippen LogP contribution in [0.4, 0.5) is 0 Å². The van der Waals surface area contributed by atoms with E-state index in [0.29, 0.717) is 11.5 Å². The van der Waals surface area contributed by atoms with Gasteiger partial charge in [-0.25, -0.2) is 0 Å². The van der Waals surface area contributed by atoms with E-state index in [0.717, 1.165) is 26.2 Å². The number of rotatable bonds is 7. The number of benzene rings is 1. The molecule has 0 radical (unpaired) electrons. The standard InChI is InChI=1S/C19H32N2/c1-5-21(6-2)15-17-11-9-16(10-12-17)14-20-18-8-7-13-19(18,3)4/h9-12,18,20H,5-8,13-15H2,1-4H3. The van der Waals surface area contributed by atoms with Crippen LogP contribution < -0.4 is 5.32 Å². The molecule has 1 atom stereocenters. The molecule has 1 fully saturated rings. The second-order valence-electron chi connectivity index (χ2n) is 7.09. The minimum absolute atomic E-state index is 0.461. The highest BCUT2D eigenvalue weighted by molar-refractivity contribution is 5.22. The predicted molar refractivity (Wildman–Crippen MR) is 91.3 cm³/mol. The summed E-state index contributed by atoms with van der Waals surface area (Å²) in [7, 11) is 0. The highest BCUT2D eigenvalue weighted by atomic mass is 15.1. The molecule has 2 heteroatoms. The molecule has 0 spiro atoms. The number of nitrogens with zero attached hydrogens (tertiary/aromatic N) is 1. The van der Waals surface area contributed by atoms with Crippen LogP contribution in [0.3, 0.4) is 0 Å². The van der Waals surface area contributed by atoms with Crippen molar-refractivity contribution in [3.63, 3.8) is 0 Å². The average Bonchev–Trinajstić information content (AvgIpc) is 2.82. The van der Waals surface area contributed by atoms with Gasteiger partial charge in [0, 0.05) is 19.1 Å². The lowest BCUT2D eigenvalue weighted by molar-refractivity contribution is 0.282. The molecule has 21 heavy (non-hydrogen) atoms. The summed E-state index contributed by atoms with van der Waals surface area (Å²) < 4.78 is 0. The van der Waals surface area contributed by atoms with Crippen molar-refractivity contribution in [2.75, 3.05) is 13.1 Å². The largest absolute Gasteiger partial charge is 0.309 e. The van der Waals surface area contributed by atoms with Crippen LogP contribution in [0.25, 0.3) is 0 Å². The van der Waals surface area contributed by atoms with E-state index in [2.05, 4.69) is 62.2 Å². The maximum atomic E-state index is 3.76. The van der Waals surface area contributed by atoms with Crippen LogP contribution in [0, 0.1) is 5.41 Å². The summed E-state index contributed by atoms with van der Waals surface area (Å²) in [5, 5.41) is 3.76. The first-order chi connectivity index (χ1) is 10.0. The Labute approximate surface area is 130 Å². The van der Waals surface area contributed by atoms with Crippen LogP contribution in [-0.4, -0.2) is 24.0 Å². The summed E-state index contributed by atoms with van der Waals surface area (Å²) in [5.41, 5.74) is 3.28. The lowest BCUT2D eigenvalue weighted by atomic mass is 9.87. The minimum Gasteiger partial charge on any atom is -0.309 e. The molecule has 1 aliphatic rings. The summed E-state index contributed by atoms with van der Waals surface area (Å²) in [5.74, 6) is 0. The summed E-state index contributed by atoms with van der Waals surface area (Å²) >= 11 is 0. The van der Waals surface area contributed by atoms with Gasteiger partial charge in [-0.2, -0.15) is 0 Å². The second-order valence-corrected chi connectivity index (χ2v) is 7.09. The van der Waals surface area contributed by atoms with Crippen LogP contribution in [0.2, 0.25) is 0 Å². The van der Waals surface area contributed by atoms with Crippen molar-refractivity contribution in [3.05, 3.63) is 35.4 Å². The van der Waals surface area contributed by atoms with Gasteiger partial charge in [0.15, 0.2) is 0 Å². The molecular weight excluding hydrogens is 256 g/mol. The van der Waals surface area contributed by atoms with E-state index < -0.39 is 0 Å². The van der Waals surface area contributed by atoms with Gasteiger partial charge < -0.3 is 5.32 Å². The zero-order valence-electron chi connectivity index (χ0n) is 14.3. The first kappa shape index (κ1) is 16.5. The molecule has 1 N–H and O–H groups in total. The Morgan fingerprint density at radius 3 is 2.24 bits per heavy atom. The second kappa shape index (κ2) is 7.42. The van der Waals surface area contributed by atoms with E-state index >= 15 is 0 Å². The van der Waals surface area contributed by atoms with Crippen LogP contribution >= 0.6 is 0 Å². The van der Waals surface area contributed by atoms with Crippen molar-refractivity contribution in [1.29, 1.82) is 0 Å². The fraction of sp³-hybridized carbons (Fsp3) is 0.684. The van der Waals surface area contributed by atoms with Crippen molar-refractivity contribution in [1.82, 2.24) is 10.2 Å². The van der Waals surface area contributed by atoms with E-state index in [1.54, 1.807) is 0 Å². The normalized spacial score (nSPS) is 21.1. The van der Waals surface area contributed by atoms with Gasteiger partial charge in [0.2, 0.25) is 0 Å². The molecule has 0 amide bonds. The van der Waals surface area contributed by atoms with Crippen LogP contribution in [-0.2, 0) is 13.1 Å². The first-order valence-electron chi connectivity index (χ1n) is 8.58. The fourth-order valence-electron chi connectivity index (χ4n) is 3.41. The van der Waals surface area contributed by atoms with E-state index in [9.17, 15) is 0 Å². The van der Waals surface area contributed by atoms with Crippen LogP contribution in [0.5, 0.6) is 0 Å². The summed E-state index contributed by atoms with van der Waals surface area (Å²) in [6.07, 6.45) is 4.05. The highest BCUT2D eigenvalue weighted by Crippen LogP contribution is 2.37. The lowest BCUT2D eigenvalue weighted by Gasteiger charge is -2.28. The van der Waals surface area contributed by atoms with Crippen LogP contribution in [0.1, 0.15) is 58.1 Å². The fourth-order valence-corrected chi connectivity index (χ4v) is 3.41. The molecule has 0 bridgehead atoms. The molecule has 1 aliphatic carbocycles. The molecule has 0 aliphatic heterocycles. The van der Waals surface area contributed by atoms with Crippen LogP contribution in [0.15, 0.2) is 24.3 Å². The molecule has 0 saturated heterocycles. The first-order valence-corrected chi connectivity index (χ1v) is 8.58. The van der Waals surface area contributed by atoms with E-state index in [-0.39, 0.29) is 0 Å². The van der Waals surface area contributed by atoms with Gasteiger partial charge in [-0.1, -0.05) is 58.4 Å². The van der Waals surface area contributed by atoms with Crippen molar-refractivity contribution < 1.29 is 0 Å². The van der Waals surface area contributed by atoms with Crippen molar-refractivity contribution in [3.8, 4) is 0 Å². The third-order valence-corrected chi connectivity index (χ3v) is 5.13. The molecule has 0 heterocycles.